The van der Waals surface area contributed by atoms with Gasteiger partial charge in [0.05, 0.1) is 6.10 Å². The number of fused-ring (bicyclic) bond motifs is 1. The highest BCUT2D eigenvalue weighted by Gasteiger charge is 2.39. The molecule has 1 aliphatic carbocycles. The number of aliphatic hydroxyl groups excluding tert-OH is 1. The molecule has 25 heavy (non-hydrogen) atoms. The van der Waals surface area contributed by atoms with Crippen LogP contribution in [0.2, 0.25) is 0 Å². The fourth-order valence-electron chi connectivity index (χ4n) is 4.76. The molecule has 2 amide bonds. The lowest BCUT2D eigenvalue weighted by Gasteiger charge is -2.37. The molecule has 2 fully saturated rings. The van der Waals surface area contributed by atoms with E-state index in [1.165, 1.54) is 0 Å². The molecule has 0 spiro atoms. The normalized spacial score (nSPS) is 29.2. The molecule has 0 unspecified atom stereocenters. The number of anilines is 1. The van der Waals surface area contributed by atoms with Crippen molar-refractivity contribution in [1.82, 2.24) is 4.90 Å². The summed E-state index contributed by atoms with van der Waals surface area (Å²) in [5, 5.41) is 13.3. The number of aryl methyl sites for hydroxylation is 1. The Balaban J connectivity index is 1.54. The summed E-state index contributed by atoms with van der Waals surface area (Å²) in [6.07, 6.45) is 7.03. The fraction of sp³-hybridized carbons (Fsp3) is 0.600. The molecule has 1 aromatic rings. The highest BCUT2D eigenvalue weighted by Crippen LogP contribution is 2.35. The molecule has 5 nitrogen and oxygen atoms in total. The first-order valence-corrected chi connectivity index (χ1v) is 9.55. The van der Waals surface area contributed by atoms with E-state index >= 15 is 0 Å². The van der Waals surface area contributed by atoms with Gasteiger partial charge < -0.3 is 15.3 Å². The Labute approximate surface area is 148 Å². The molecule has 2 heterocycles. The van der Waals surface area contributed by atoms with Crippen molar-refractivity contribution in [2.75, 3.05) is 11.9 Å². The van der Waals surface area contributed by atoms with Crippen LogP contribution < -0.4 is 5.32 Å². The summed E-state index contributed by atoms with van der Waals surface area (Å²) in [4.78, 5) is 26.6. The third-order valence-corrected chi connectivity index (χ3v) is 6.08. The van der Waals surface area contributed by atoms with E-state index in [9.17, 15) is 14.7 Å². The number of likely N-dealkylation sites (tertiary alicyclic amines) is 1. The highest BCUT2D eigenvalue weighted by molar-refractivity contribution is 5.98. The van der Waals surface area contributed by atoms with Gasteiger partial charge in [-0.15, -0.1) is 0 Å². The number of carbonyl (C=O) groups is 2. The Kier molecular flexibility index (Phi) is 4.50. The van der Waals surface area contributed by atoms with Crippen LogP contribution >= 0.6 is 0 Å². The number of nitrogens with one attached hydrogen (secondary N) is 1. The summed E-state index contributed by atoms with van der Waals surface area (Å²) in [6.45, 7) is 0.778. The van der Waals surface area contributed by atoms with E-state index in [0.29, 0.717) is 18.4 Å². The molecule has 3 aliphatic rings. The average Bonchev–Trinajstić information content (AvgIpc) is 3.10. The number of benzene rings is 1. The standard InChI is InChI=1S/C20H26N2O3/c23-18-6-2-1-4-15(18)17-5-3-11-22(17)20(25)14-7-9-16-13(12-14)8-10-19(24)21-16/h7,9,12,15,17-18,23H,1-6,8,10-11H2,(H,21,24)/t15-,17-,18-/m1/s1. The summed E-state index contributed by atoms with van der Waals surface area (Å²) in [5.74, 6) is 0.328. The van der Waals surface area contributed by atoms with Gasteiger partial charge in [0.1, 0.15) is 0 Å². The highest BCUT2D eigenvalue weighted by atomic mass is 16.3. The predicted octanol–water partition coefficient (Wildman–Crippen LogP) is 2.73. The van der Waals surface area contributed by atoms with Crippen LogP contribution in [0.25, 0.3) is 0 Å². The van der Waals surface area contributed by atoms with Crippen LogP contribution in [0.4, 0.5) is 5.69 Å². The molecular weight excluding hydrogens is 316 g/mol. The maximum absolute atomic E-state index is 13.1. The predicted molar refractivity (Wildman–Crippen MR) is 95.4 cm³/mol. The van der Waals surface area contributed by atoms with Crippen LogP contribution in [0, 0.1) is 5.92 Å². The summed E-state index contributed by atoms with van der Waals surface area (Å²) < 4.78 is 0. The van der Waals surface area contributed by atoms with E-state index < -0.39 is 0 Å². The lowest BCUT2D eigenvalue weighted by atomic mass is 9.80. The Bertz CT molecular complexity index is 688. The number of rotatable bonds is 2. The lowest BCUT2D eigenvalue weighted by Crippen LogP contribution is -2.45. The van der Waals surface area contributed by atoms with Gasteiger partial charge in [0.15, 0.2) is 0 Å². The number of nitrogens with zero attached hydrogens (tertiary/aromatic N) is 1. The SMILES string of the molecule is O=C1CCc2cc(C(=O)N3CCC[C@@H]3[C@H]3CCCC[C@H]3O)ccc2N1. The maximum atomic E-state index is 13.1. The number of aliphatic hydroxyl groups is 1. The monoisotopic (exact) mass is 342 g/mol. The Morgan fingerprint density at radius 1 is 1.12 bits per heavy atom. The topological polar surface area (TPSA) is 69.6 Å². The lowest BCUT2D eigenvalue weighted by molar-refractivity contribution is -0.116. The van der Waals surface area contributed by atoms with Crippen molar-refractivity contribution in [3.8, 4) is 0 Å². The third kappa shape index (κ3) is 3.17. The second-order valence-corrected chi connectivity index (χ2v) is 7.64. The maximum Gasteiger partial charge on any atom is 0.254 e. The first-order valence-electron chi connectivity index (χ1n) is 9.55. The van der Waals surface area contributed by atoms with Gasteiger partial charge in [-0.05, 0) is 55.9 Å². The molecule has 134 valence electrons. The first kappa shape index (κ1) is 16.6. The van der Waals surface area contributed by atoms with Crippen molar-refractivity contribution in [3.05, 3.63) is 29.3 Å². The minimum atomic E-state index is -0.272. The number of carbonyl (C=O) groups excluding carboxylic acids is 2. The van der Waals surface area contributed by atoms with E-state index in [4.69, 9.17) is 0 Å². The van der Waals surface area contributed by atoms with Gasteiger partial charge in [-0.25, -0.2) is 0 Å². The van der Waals surface area contributed by atoms with Crippen molar-refractivity contribution < 1.29 is 14.7 Å². The summed E-state index contributed by atoms with van der Waals surface area (Å²) in [5.41, 5.74) is 2.57. The minimum Gasteiger partial charge on any atom is -0.393 e. The van der Waals surface area contributed by atoms with Crippen LogP contribution in [0.1, 0.15) is 60.9 Å². The van der Waals surface area contributed by atoms with Crippen molar-refractivity contribution in [3.63, 3.8) is 0 Å². The fourth-order valence-corrected chi connectivity index (χ4v) is 4.76. The number of hydrogen-bond donors (Lipinski definition) is 2. The van der Waals surface area contributed by atoms with Gasteiger partial charge in [0, 0.05) is 36.2 Å². The van der Waals surface area contributed by atoms with Crippen molar-refractivity contribution in [2.24, 2.45) is 5.92 Å². The Hall–Kier alpha value is -1.88. The largest absolute Gasteiger partial charge is 0.393 e. The molecule has 1 saturated carbocycles. The molecule has 1 saturated heterocycles. The molecule has 0 radical (unpaired) electrons. The van der Waals surface area contributed by atoms with Crippen LogP contribution in [0.15, 0.2) is 18.2 Å². The number of hydrogen-bond acceptors (Lipinski definition) is 3. The second kappa shape index (κ2) is 6.79. The van der Waals surface area contributed by atoms with Gasteiger partial charge in [0.2, 0.25) is 5.91 Å². The number of amides is 2. The molecule has 5 heteroatoms. The summed E-state index contributed by atoms with van der Waals surface area (Å²) in [6, 6.07) is 5.77. The molecule has 4 rings (SSSR count). The van der Waals surface area contributed by atoms with Gasteiger partial charge in [-0.1, -0.05) is 12.8 Å². The van der Waals surface area contributed by atoms with Crippen LogP contribution in [-0.4, -0.2) is 40.5 Å². The van der Waals surface area contributed by atoms with Gasteiger partial charge in [0.25, 0.3) is 5.91 Å². The zero-order valence-corrected chi connectivity index (χ0v) is 14.5. The zero-order valence-electron chi connectivity index (χ0n) is 14.5. The van der Waals surface area contributed by atoms with Crippen molar-refractivity contribution in [1.29, 1.82) is 0 Å². The van der Waals surface area contributed by atoms with E-state index in [1.807, 2.05) is 23.1 Å². The Morgan fingerprint density at radius 2 is 1.96 bits per heavy atom. The summed E-state index contributed by atoms with van der Waals surface area (Å²) >= 11 is 0. The van der Waals surface area contributed by atoms with Gasteiger partial charge in [-0.2, -0.15) is 0 Å². The molecule has 0 bridgehead atoms. The van der Waals surface area contributed by atoms with E-state index in [0.717, 1.165) is 56.3 Å². The van der Waals surface area contributed by atoms with Crippen molar-refractivity contribution >= 4 is 17.5 Å². The minimum absolute atomic E-state index is 0.0393. The third-order valence-electron chi connectivity index (χ3n) is 6.08. The van der Waals surface area contributed by atoms with E-state index in [-0.39, 0.29) is 29.9 Å². The van der Waals surface area contributed by atoms with E-state index in [2.05, 4.69) is 5.32 Å². The Morgan fingerprint density at radius 3 is 2.80 bits per heavy atom. The molecule has 1 aromatic carbocycles. The van der Waals surface area contributed by atoms with Crippen LogP contribution in [0.3, 0.4) is 0 Å². The molecule has 0 aromatic heterocycles. The van der Waals surface area contributed by atoms with Crippen molar-refractivity contribution in [2.45, 2.75) is 63.5 Å². The zero-order chi connectivity index (χ0) is 17.4. The molecule has 2 N–H and O–H groups in total. The van der Waals surface area contributed by atoms with Gasteiger partial charge in [-0.3, -0.25) is 9.59 Å². The average molecular weight is 342 g/mol. The molecular formula is C20H26N2O3. The van der Waals surface area contributed by atoms with Crippen LogP contribution in [0.5, 0.6) is 0 Å². The van der Waals surface area contributed by atoms with Gasteiger partial charge >= 0.3 is 0 Å². The van der Waals surface area contributed by atoms with Crippen LogP contribution in [-0.2, 0) is 11.2 Å². The second-order valence-electron chi connectivity index (χ2n) is 7.64. The first-order chi connectivity index (χ1) is 12.1. The molecule has 2 aliphatic heterocycles. The van der Waals surface area contributed by atoms with E-state index in [1.54, 1.807) is 0 Å². The quantitative estimate of drug-likeness (QED) is 0.868. The smallest absolute Gasteiger partial charge is 0.254 e. The molecule has 3 atom stereocenters. The summed E-state index contributed by atoms with van der Waals surface area (Å²) in [7, 11) is 0.